The Labute approximate surface area is 157 Å². The Bertz CT molecular complexity index is 1050. The molecule has 5 rings (SSSR count). The lowest BCUT2D eigenvalue weighted by Crippen LogP contribution is -2.50. The van der Waals surface area contributed by atoms with Crippen molar-refractivity contribution in [2.75, 3.05) is 19.7 Å². The van der Waals surface area contributed by atoms with Gasteiger partial charge in [0.05, 0.1) is 18.3 Å². The molecule has 2 aliphatic heterocycles. The van der Waals surface area contributed by atoms with Gasteiger partial charge in [0, 0.05) is 49.7 Å². The highest BCUT2D eigenvalue weighted by molar-refractivity contribution is 5.41. The molecule has 3 aromatic heterocycles. The van der Waals surface area contributed by atoms with Crippen LogP contribution in [0.2, 0.25) is 0 Å². The Hall–Kier alpha value is -2.44. The van der Waals surface area contributed by atoms with Gasteiger partial charge >= 0.3 is 0 Å². The second kappa shape index (κ2) is 6.32. The summed E-state index contributed by atoms with van der Waals surface area (Å²) in [5.41, 5.74) is 4.31. The van der Waals surface area contributed by atoms with Gasteiger partial charge in [-0.05, 0) is 37.0 Å². The number of aliphatic hydroxyl groups excluding tert-OH is 1. The smallest absolute Gasteiger partial charge is 0.251 e. The average Bonchev–Trinajstić information content (AvgIpc) is 3.04. The lowest BCUT2D eigenvalue weighted by atomic mass is 9.78. The summed E-state index contributed by atoms with van der Waals surface area (Å²) in [5.74, 6) is 0.625. The van der Waals surface area contributed by atoms with Gasteiger partial charge in [-0.3, -0.25) is 9.69 Å². The summed E-state index contributed by atoms with van der Waals surface area (Å²) in [7, 11) is 0. The quantitative estimate of drug-likeness (QED) is 0.772. The molecule has 0 aromatic carbocycles. The monoisotopic (exact) mass is 364 g/mol. The van der Waals surface area contributed by atoms with Crippen LogP contribution in [-0.4, -0.2) is 43.7 Å². The van der Waals surface area contributed by atoms with Gasteiger partial charge in [-0.25, -0.2) is 4.98 Å². The molecule has 1 saturated heterocycles. The summed E-state index contributed by atoms with van der Waals surface area (Å²) in [6.07, 6.45) is 5.24. The Morgan fingerprint density at radius 1 is 1.19 bits per heavy atom. The molecule has 1 fully saturated rings. The molecule has 2 bridgehead atoms. The van der Waals surface area contributed by atoms with E-state index < -0.39 is 0 Å². The highest BCUT2D eigenvalue weighted by atomic mass is 16.3. The van der Waals surface area contributed by atoms with Gasteiger partial charge in [-0.2, -0.15) is 0 Å². The first-order valence-corrected chi connectivity index (χ1v) is 9.61. The number of hydrogen-bond acceptors (Lipinski definition) is 4. The van der Waals surface area contributed by atoms with Crippen molar-refractivity contribution < 1.29 is 5.11 Å². The summed E-state index contributed by atoms with van der Waals surface area (Å²) >= 11 is 0. The maximum Gasteiger partial charge on any atom is 0.251 e. The zero-order valence-electron chi connectivity index (χ0n) is 15.5. The number of aliphatic hydroxyl groups is 1. The molecule has 27 heavy (non-hydrogen) atoms. The Morgan fingerprint density at radius 2 is 2.07 bits per heavy atom. The normalized spacial score (nSPS) is 24.9. The number of fused-ring (bicyclic) bond motifs is 5. The molecule has 1 N–H and O–H groups in total. The fraction of sp³-hybridized carbons (Fsp3) is 0.429. The first kappa shape index (κ1) is 16.7. The molecule has 6 heteroatoms. The van der Waals surface area contributed by atoms with Crippen molar-refractivity contribution in [1.82, 2.24) is 18.9 Å². The first-order valence-electron chi connectivity index (χ1n) is 9.61. The van der Waals surface area contributed by atoms with E-state index in [9.17, 15) is 9.90 Å². The van der Waals surface area contributed by atoms with E-state index in [0.717, 1.165) is 43.1 Å². The van der Waals surface area contributed by atoms with Crippen molar-refractivity contribution in [3.63, 3.8) is 0 Å². The zero-order chi connectivity index (χ0) is 18.5. The highest BCUT2D eigenvalue weighted by Gasteiger charge is 2.40. The Kier molecular flexibility index (Phi) is 3.91. The number of imidazole rings is 1. The van der Waals surface area contributed by atoms with Gasteiger partial charge in [0.2, 0.25) is 0 Å². The molecule has 3 aromatic rings. The van der Waals surface area contributed by atoms with Crippen LogP contribution >= 0.6 is 0 Å². The third-order valence-electron chi connectivity index (χ3n) is 6.10. The van der Waals surface area contributed by atoms with Gasteiger partial charge in [0.15, 0.2) is 0 Å². The van der Waals surface area contributed by atoms with Crippen molar-refractivity contribution in [2.24, 2.45) is 5.92 Å². The maximum absolute atomic E-state index is 12.4. The van der Waals surface area contributed by atoms with E-state index >= 15 is 0 Å². The number of aromatic nitrogens is 3. The number of hydrogen-bond donors (Lipinski definition) is 1. The molecular formula is C21H24N4O2. The van der Waals surface area contributed by atoms with E-state index in [0.29, 0.717) is 11.8 Å². The maximum atomic E-state index is 12.4. The summed E-state index contributed by atoms with van der Waals surface area (Å²) < 4.78 is 3.92. The van der Waals surface area contributed by atoms with Gasteiger partial charge in [-0.15, -0.1) is 0 Å². The second-order valence-electron chi connectivity index (χ2n) is 8.00. The second-order valence-corrected chi connectivity index (χ2v) is 8.00. The lowest BCUT2D eigenvalue weighted by molar-refractivity contribution is 0.0575. The number of rotatable bonds is 3. The first-order chi connectivity index (χ1) is 13.1. The largest absolute Gasteiger partial charge is 0.394 e. The summed E-state index contributed by atoms with van der Waals surface area (Å²) in [6.45, 7) is 4.69. The van der Waals surface area contributed by atoms with Gasteiger partial charge in [0.25, 0.3) is 5.56 Å². The van der Waals surface area contributed by atoms with Crippen LogP contribution in [0.3, 0.4) is 0 Å². The number of pyridine rings is 2. The predicted octanol–water partition coefficient (Wildman–Crippen LogP) is 1.96. The third kappa shape index (κ3) is 2.80. The van der Waals surface area contributed by atoms with Crippen molar-refractivity contribution in [2.45, 2.75) is 31.8 Å². The topological polar surface area (TPSA) is 62.8 Å². The molecule has 140 valence electrons. The minimum absolute atomic E-state index is 0.00502. The van der Waals surface area contributed by atoms with Gasteiger partial charge < -0.3 is 14.1 Å². The number of aryl methyl sites for hydroxylation is 1. The molecular weight excluding hydrogens is 340 g/mol. The zero-order valence-corrected chi connectivity index (χ0v) is 15.5. The van der Waals surface area contributed by atoms with Crippen molar-refractivity contribution >= 4 is 5.65 Å². The highest BCUT2D eigenvalue weighted by Crippen LogP contribution is 2.41. The van der Waals surface area contributed by atoms with E-state index in [1.54, 1.807) is 6.07 Å². The molecule has 6 nitrogen and oxygen atoms in total. The van der Waals surface area contributed by atoms with Crippen LogP contribution in [0.5, 0.6) is 0 Å². The summed E-state index contributed by atoms with van der Waals surface area (Å²) in [4.78, 5) is 19.6. The van der Waals surface area contributed by atoms with Crippen LogP contribution in [0, 0.1) is 12.8 Å². The van der Waals surface area contributed by atoms with Crippen molar-refractivity contribution in [3.8, 4) is 0 Å². The Morgan fingerprint density at radius 3 is 2.93 bits per heavy atom. The molecule has 0 spiro atoms. The van der Waals surface area contributed by atoms with Crippen LogP contribution in [0.25, 0.3) is 5.65 Å². The van der Waals surface area contributed by atoms with E-state index in [-0.39, 0.29) is 18.2 Å². The fourth-order valence-electron chi connectivity index (χ4n) is 4.96. The fourth-order valence-corrected chi connectivity index (χ4v) is 4.96. The molecule has 2 aliphatic rings. The number of nitrogens with zero attached hydrogens (tertiary/aromatic N) is 4. The molecule has 0 amide bonds. The van der Waals surface area contributed by atoms with E-state index in [1.165, 1.54) is 5.56 Å². The molecule has 0 saturated carbocycles. The minimum Gasteiger partial charge on any atom is -0.394 e. The van der Waals surface area contributed by atoms with E-state index in [1.807, 2.05) is 22.8 Å². The van der Waals surface area contributed by atoms with Gasteiger partial charge in [0.1, 0.15) is 5.65 Å². The number of piperidine rings is 1. The molecule has 5 heterocycles. The SMILES string of the molecule is Cc1ccc2nc(CN3C[C@H]4C[C@@H](C3)[C@H](CO)n3c4cccc3=O)cn2c1. The standard InChI is InChI=1S/C21H24N4O2/c1-14-5-6-20-22-17(12-24(20)8-14)11-23-9-15-7-16(10-23)19(13-26)25-18(15)3-2-4-21(25)27/h2-6,8,12,15-16,19,26H,7,9-11,13H2,1H3/t15-,16+,19+/m1/s1. The van der Waals surface area contributed by atoms with Gasteiger partial charge in [-0.1, -0.05) is 12.1 Å². The minimum atomic E-state index is -0.128. The number of likely N-dealkylation sites (tertiary alicyclic amines) is 1. The lowest BCUT2D eigenvalue weighted by Gasteiger charge is -2.46. The Balaban J connectivity index is 1.44. The van der Waals surface area contributed by atoms with Crippen LogP contribution in [0.4, 0.5) is 0 Å². The van der Waals surface area contributed by atoms with Crippen LogP contribution in [0.15, 0.2) is 47.5 Å². The molecule has 0 aliphatic carbocycles. The molecule has 3 atom stereocenters. The van der Waals surface area contributed by atoms with Crippen molar-refractivity contribution in [3.05, 3.63) is 70.0 Å². The van der Waals surface area contributed by atoms with Crippen LogP contribution in [-0.2, 0) is 6.54 Å². The summed E-state index contributed by atoms with van der Waals surface area (Å²) in [6, 6.07) is 9.49. The predicted molar refractivity (Wildman–Crippen MR) is 103 cm³/mol. The molecule has 0 radical (unpaired) electrons. The van der Waals surface area contributed by atoms with E-state index in [4.69, 9.17) is 4.98 Å². The third-order valence-corrected chi connectivity index (χ3v) is 6.10. The average molecular weight is 364 g/mol. The van der Waals surface area contributed by atoms with E-state index in [2.05, 4.69) is 34.7 Å². The van der Waals surface area contributed by atoms with Crippen LogP contribution in [0.1, 0.15) is 35.3 Å². The summed E-state index contributed by atoms with van der Waals surface area (Å²) in [5, 5.41) is 9.98. The molecule has 0 unspecified atom stereocenters. The van der Waals surface area contributed by atoms with Crippen LogP contribution < -0.4 is 5.56 Å². The van der Waals surface area contributed by atoms with Crippen molar-refractivity contribution in [1.29, 1.82) is 0 Å².